The van der Waals surface area contributed by atoms with E-state index in [0.29, 0.717) is 0 Å². The molecular weight excluding hydrogens is 218 g/mol. The fraction of sp³-hybridized carbons (Fsp3) is 0.529. The second kappa shape index (κ2) is 5.71. The molecule has 2 fully saturated rings. The van der Waals surface area contributed by atoms with Crippen LogP contribution in [0.2, 0.25) is 0 Å². The summed E-state index contributed by atoms with van der Waals surface area (Å²) in [4.78, 5) is 0. The molecule has 0 bridgehead atoms. The summed E-state index contributed by atoms with van der Waals surface area (Å²) in [7, 11) is 0. The van der Waals surface area contributed by atoms with Crippen molar-refractivity contribution in [1.29, 1.82) is 0 Å². The summed E-state index contributed by atoms with van der Waals surface area (Å²) in [5.74, 6) is 0.849. The maximum absolute atomic E-state index is 3.80. The third kappa shape index (κ3) is 2.67. The molecule has 18 heavy (non-hydrogen) atoms. The summed E-state index contributed by atoms with van der Waals surface area (Å²) in [5.41, 5.74) is 3.04. The number of allylic oxidation sites excluding steroid dienone is 6. The number of nitrogens with one attached hydrogen (secondary N) is 1. The van der Waals surface area contributed by atoms with E-state index in [2.05, 4.69) is 41.8 Å². The maximum Gasteiger partial charge on any atom is 0.0210 e. The summed E-state index contributed by atoms with van der Waals surface area (Å²) in [6.45, 7) is 1.05. The Bertz CT molecular complexity index is 411. The van der Waals surface area contributed by atoms with Crippen LogP contribution >= 0.6 is 0 Å². The fourth-order valence-electron chi connectivity index (χ4n) is 3.48. The van der Waals surface area contributed by atoms with Gasteiger partial charge in [-0.3, -0.25) is 0 Å². The van der Waals surface area contributed by atoms with E-state index in [0.717, 1.165) is 18.5 Å². The Morgan fingerprint density at radius 1 is 0.833 bits per heavy atom. The SMILES string of the molecule is C1=C\C=C2\CC3CCCCCC3NC\C2=C\C=C/1. The smallest absolute Gasteiger partial charge is 0.0210 e. The minimum Gasteiger partial charge on any atom is -0.310 e. The van der Waals surface area contributed by atoms with Gasteiger partial charge in [-0.25, -0.2) is 0 Å². The van der Waals surface area contributed by atoms with Gasteiger partial charge in [-0.05, 0) is 36.3 Å². The first kappa shape index (κ1) is 12.0. The first-order chi connectivity index (χ1) is 8.93. The average Bonchev–Trinajstić information content (AvgIpc) is 2.64. The lowest BCUT2D eigenvalue weighted by atomic mass is 9.87. The second-order valence-electron chi connectivity index (χ2n) is 5.74. The van der Waals surface area contributed by atoms with E-state index in [9.17, 15) is 0 Å². The Hall–Kier alpha value is -1.08. The van der Waals surface area contributed by atoms with E-state index in [-0.39, 0.29) is 0 Å². The van der Waals surface area contributed by atoms with Crippen LogP contribution in [0.1, 0.15) is 38.5 Å². The lowest BCUT2D eigenvalue weighted by Gasteiger charge is -2.22. The van der Waals surface area contributed by atoms with Gasteiger partial charge in [-0.15, -0.1) is 0 Å². The highest BCUT2D eigenvalue weighted by atomic mass is 14.9. The van der Waals surface area contributed by atoms with E-state index in [4.69, 9.17) is 0 Å². The third-order valence-corrected chi connectivity index (χ3v) is 4.54. The molecule has 0 aromatic carbocycles. The molecule has 2 unspecified atom stereocenters. The van der Waals surface area contributed by atoms with Crippen molar-refractivity contribution in [3.05, 3.63) is 47.6 Å². The average molecular weight is 241 g/mol. The predicted octanol–water partition coefficient (Wildman–Crippen LogP) is 3.91. The van der Waals surface area contributed by atoms with Gasteiger partial charge in [0.25, 0.3) is 0 Å². The van der Waals surface area contributed by atoms with Crippen molar-refractivity contribution >= 4 is 0 Å². The van der Waals surface area contributed by atoms with Gasteiger partial charge in [0.15, 0.2) is 0 Å². The quantitative estimate of drug-likeness (QED) is 0.678. The standard InChI is InChI=1S/C17H23N/c1-2-5-10-16-13-18-17-11-7-3-6-9-15(17)12-14(16)8-4-1/h1-2,4-5,8,10,15,17-18H,3,6-7,9,11-13H2/b2-1?,4-1-,5-2-,8-4?,10-5?,14-8-,16-10-. The molecule has 0 radical (unpaired) electrons. The van der Waals surface area contributed by atoms with Crippen LogP contribution < -0.4 is 5.32 Å². The van der Waals surface area contributed by atoms with Crippen LogP contribution in [-0.4, -0.2) is 12.6 Å². The summed E-state index contributed by atoms with van der Waals surface area (Å²) < 4.78 is 0. The van der Waals surface area contributed by atoms with Crippen LogP contribution in [0.25, 0.3) is 0 Å². The highest BCUT2D eigenvalue weighted by Gasteiger charge is 2.27. The molecule has 1 aliphatic heterocycles. The molecule has 1 saturated carbocycles. The summed E-state index contributed by atoms with van der Waals surface area (Å²) in [5, 5.41) is 3.80. The molecule has 2 atom stereocenters. The van der Waals surface area contributed by atoms with Crippen LogP contribution in [0.15, 0.2) is 47.6 Å². The van der Waals surface area contributed by atoms with Crippen molar-refractivity contribution in [3.8, 4) is 0 Å². The fourth-order valence-corrected chi connectivity index (χ4v) is 3.48. The molecule has 1 heterocycles. The number of hydrogen-bond donors (Lipinski definition) is 1. The molecule has 0 amide bonds. The monoisotopic (exact) mass is 241 g/mol. The third-order valence-electron chi connectivity index (χ3n) is 4.54. The molecule has 0 spiro atoms. The molecule has 1 saturated heterocycles. The molecule has 2 aliphatic carbocycles. The minimum absolute atomic E-state index is 0.746. The van der Waals surface area contributed by atoms with Crippen LogP contribution in [0, 0.1) is 5.92 Å². The molecule has 0 aromatic rings. The molecule has 1 nitrogen and oxygen atoms in total. The zero-order valence-corrected chi connectivity index (χ0v) is 11.1. The maximum atomic E-state index is 3.80. The normalized spacial score (nSPS) is 41.3. The number of hydrogen-bond acceptors (Lipinski definition) is 1. The molecule has 3 rings (SSSR count). The molecule has 96 valence electrons. The van der Waals surface area contributed by atoms with E-state index >= 15 is 0 Å². The molecule has 3 aliphatic rings. The summed E-state index contributed by atoms with van der Waals surface area (Å²) in [6, 6.07) is 0.746. The Morgan fingerprint density at radius 2 is 1.61 bits per heavy atom. The lowest BCUT2D eigenvalue weighted by Crippen LogP contribution is -2.34. The van der Waals surface area contributed by atoms with Gasteiger partial charge in [-0.2, -0.15) is 0 Å². The van der Waals surface area contributed by atoms with E-state index in [1.807, 2.05) is 0 Å². The van der Waals surface area contributed by atoms with Gasteiger partial charge in [0.2, 0.25) is 0 Å². The van der Waals surface area contributed by atoms with Crippen molar-refractivity contribution < 1.29 is 0 Å². The van der Waals surface area contributed by atoms with Gasteiger partial charge in [0.05, 0.1) is 0 Å². The minimum atomic E-state index is 0.746. The van der Waals surface area contributed by atoms with Crippen molar-refractivity contribution in [1.82, 2.24) is 5.32 Å². The Balaban J connectivity index is 1.85. The van der Waals surface area contributed by atoms with Crippen molar-refractivity contribution in [3.63, 3.8) is 0 Å². The van der Waals surface area contributed by atoms with Crippen LogP contribution in [-0.2, 0) is 0 Å². The van der Waals surface area contributed by atoms with Gasteiger partial charge in [-0.1, -0.05) is 55.7 Å². The van der Waals surface area contributed by atoms with Gasteiger partial charge >= 0.3 is 0 Å². The Labute approximate surface area is 110 Å². The van der Waals surface area contributed by atoms with Crippen molar-refractivity contribution in [2.75, 3.05) is 6.54 Å². The highest BCUT2D eigenvalue weighted by molar-refractivity contribution is 5.41. The van der Waals surface area contributed by atoms with Crippen LogP contribution in [0.5, 0.6) is 0 Å². The van der Waals surface area contributed by atoms with Crippen molar-refractivity contribution in [2.24, 2.45) is 5.92 Å². The summed E-state index contributed by atoms with van der Waals surface area (Å²) in [6.07, 6.45) is 21.5. The summed E-state index contributed by atoms with van der Waals surface area (Å²) >= 11 is 0. The number of rotatable bonds is 0. The van der Waals surface area contributed by atoms with E-state index < -0.39 is 0 Å². The Morgan fingerprint density at radius 3 is 2.50 bits per heavy atom. The highest BCUT2D eigenvalue weighted by Crippen LogP contribution is 2.33. The zero-order valence-electron chi connectivity index (χ0n) is 11.1. The topological polar surface area (TPSA) is 12.0 Å². The molecule has 1 N–H and O–H groups in total. The molecule has 0 aromatic heterocycles. The largest absolute Gasteiger partial charge is 0.310 e. The van der Waals surface area contributed by atoms with E-state index in [1.54, 1.807) is 5.57 Å². The van der Waals surface area contributed by atoms with Gasteiger partial charge < -0.3 is 5.32 Å². The Kier molecular flexibility index (Phi) is 3.80. The van der Waals surface area contributed by atoms with E-state index in [1.165, 1.54) is 44.1 Å². The zero-order chi connectivity index (χ0) is 12.2. The van der Waals surface area contributed by atoms with Crippen LogP contribution in [0.3, 0.4) is 0 Å². The predicted molar refractivity (Wildman–Crippen MR) is 77.4 cm³/mol. The lowest BCUT2D eigenvalue weighted by molar-refractivity contribution is 0.354. The second-order valence-corrected chi connectivity index (χ2v) is 5.74. The van der Waals surface area contributed by atoms with Gasteiger partial charge in [0.1, 0.15) is 0 Å². The van der Waals surface area contributed by atoms with Gasteiger partial charge in [0, 0.05) is 12.6 Å². The van der Waals surface area contributed by atoms with Crippen molar-refractivity contribution in [2.45, 2.75) is 44.6 Å². The first-order valence-electron chi connectivity index (χ1n) is 7.40. The van der Waals surface area contributed by atoms with Crippen LogP contribution in [0.4, 0.5) is 0 Å². The molecule has 1 heteroatoms. The first-order valence-corrected chi connectivity index (χ1v) is 7.40. The number of fused-ring (bicyclic) bond motifs is 2. The molecular formula is C17H23N.